The largest absolute Gasteiger partial charge is 0.455 e. The molecule has 2 aromatic heterocycles. The second-order valence-electron chi connectivity index (χ2n) is 13.6. The van der Waals surface area contributed by atoms with Crippen molar-refractivity contribution < 1.29 is 17.6 Å². The molecule has 48 heavy (non-hydrogen) atoms. The number of furan rings is 1. The zero-order valence-corrected chi connectivity index (χ0v) is 27.8. The molecule has 240 valence electrons. The summed E-state index contributed by atoms with van der Waals surface area (Å²) in [5, 5.41) is 6.63. The van der Waals surface area contributed by atoms with E-state index in [-0.39, 0.29) is 11.8 Å². The fraction of sp³-hybridized carbons (Fsp3) is 0.214. The van der Waals surface area contributed by atoms with Crippen molar-refractivity contribution in [2.24, 2.45) is 0 Å². The molecular formula is C42H35F3N2O. The molecule has 8 aromatic rings. The molecule has 0 spiro atoms. The number of imidazole rings is 1. The average molecular weight is 641 g/mol. The van der Waals surface area contributed by atoms with Crippen LogP contribution in [0.4, 0.5) is 13.2 Å². The summed E-state index contributed by atoms with van der Waals surface area (Å²) in [5.74, 6) is 0.283. The first kappa shape index (κ1) is 30.2. The molecule has 0 saturated carbocycles. The van der Waals surface area contributed by atoms with Crippen LogP contribution in [0.1, 0.15) is 67.3 Å². The number of para-hydroxylation sites is 2. The van der Waals surface area contributed by atoms with Gasteiger partial charge in [-0.3, -0.25) is 4.57 Å². The van der Waals surface area contributed by atoms with Crippen LogP contribution in [0.15, 0.2) is 95.4 Å². The Kier molecular flexibility index (Phi) is 6.75. The van der Waals surface area contributed by atoms with E-state index in [9.17, 15) is 13.2 Å². The smallest absolute Gasteiger partial charge is 0.416 e. The van der Waals surface area contributed by atoms with Gasteiger partial charge in [0.15, 0.2) is 0 Å². The molecule has 8 rings (SSSR count). The van der Waals surface area contributed by atoms with Crippen molar-refractivity contribution in [2.75, 3.05) is 0 Å². The van der Waals surface area contributed by atoms with Gasteiger partial charge in [0.1, 0.15) is 17.0 Å². The predicted octanol–water partition coefficient (Wildman–Crippen LogP) is 12.8. The van der Waals surface area contributed by atoms with Crippen LogP contribution in [-0.4, -0.2) is 9.55 Å². The highest BCUT2D eigenvalue weighted by Crippen LogP contribution is 2.45. The molecule has 0 N–H and O–H groups in total. The molecule has 0 bridgehead atoms. The third kappa shape index (κ3) is 4.53. The van der Waals surface area contributed by atoms with Crippen LogP contribution in [0, 0.1) is 13.8 Å². The first-order valence-electron chi connectivity index (χ1n) is 16.4. The number of hydrogen-bond donors (Lipinski definition) is 0. The number of alkyl halides is 3. The van der Waals surface area contributed by atoms with E-state index in [4.69, 9.17) is 9.40 Å². The third-order valence-electron chi connectivity index (χ3n) is 9.89. The lowest BCUT2D eigenvalue weighted by Gasteiger charge is -2.25. The van der Waals surface area contributed by atoms with E-state index in [0.29, 0.717) is 22.5 Å². The first-order chi connectivity index (χ1) is 22.9. The zero-order valence-electron chi connectivity index (χ0n) is 27.8. The lowest BCUT2D eigenvalue weighted by molar-refractivity contribution is -0.137. The van der Waals surface area contributed by atoms with Gasteiger partial charge in [0.05, 0.1) is 27.8 Å². The van der Waals surface area contributed by atoms with Gasteiger partial charge in [-0.2, -0.15) is 13.2 Å². The van der Waals surface area contributed by atoms with E-state index in [1.165, 1.54) is 17.5 Å². The van der Waals surface area contributed by atoms with E-state index < -0.39 is 11.7 Å². The molecular weight excluding hydrogens is 605 g/mol. The molecule has 6 aromatic carbocycles. The number of rotatable bonds is 4. The van der Waals surface area contributed by atoms with Gasteiger partial charge < -0.3 is 4.42 Å². The fourth-order valence-corrected chi connectivity index (χ4v) is 7.33. The number of aryl methyl sites for hydroxylation is 2. The van der Waals surface area contributed by atoms with Crippen molar-refractivity contribution >= 4 is 54.5 Å². The number of halogens is 3. The van der Waals surface area contributed by atoms with Gasteiger partial charge in [0.2, 0.25) is 0 Å². The molecule has 0 saturated heterocycles. The fourth-order valence-electron chi connectivity index (χ4n) is 7.33. The molecule has 6 heteroatoms. The SMILES string of the molecule is Cc1cc(-c2nc3ccccc3n2-c2c(C(C)C)cc(C(F)(F)F)cc2C(C)C)c2oc3cc4c(ccc5ccccc54)cc3c2c1C. The Balaban J connectivity index is 1.51. The Morgan fingerprint density at radius 1 is 0.708 bits per heavy atom. The summed E-state index contributed by atoms with van der Waals surface area (Å²) in [6, 6.07) is 29.6. The van der Waals surface area contributed by atoms with Gasteiger partial charge in [-0.15, -0.1) is 0 Å². The van der Waals surface area contributed by atoms with Crippen molar-refractivity contribution in [3.05, 3.63) is 119 Å². The number of fused-ring (bicyclic) bond motifs is 7. The van der Waals surface area contributed by atoms with Crippen molar-refractivity contribution in [3.8, 4) is 17.1 Å². The van der Waals surface area contributed by atoms with Crippen molar-refractivity contribution in [1.82, 2.24) is 9.55 Å². The van der Waals surface area contributed by atoms with Crippen LogP contribution >= 0.6 is 0 Å². The summed E-state index contributed by atoms with van der Waals surface area (Å²) in [7, 11) is 0. The van der Waals surface area contributed by atoms with E-state index in [1.807, 2.05) is 58.0 Å². The van der Waals surface area contributed by atoms with E-state index >= 15 is 0 Å². The maximum atomic E-state index is 14.3. The van der Waals surface area contributed by atoms with E-state index in [2.05, 4.69) is 66.9 Å². The summed E-state index contributed by atoms with van der Waals surface area (Å²) in [4.78, 5) is 5.20. The molecule has 2 heterocycles. The molecule has 0 atom stereocenters. The Labute approximate surface area is 276 Å². The van der Waals surface area contributed by atoms with E-state index in [0.717, 1.165) is 65.9 Å². The number of nitrogens with zero attached hydrogens (tertiary/aromatic N) is 2. The Morgan fingerprint density at radius 3 is 2.08 bits per heavy atom. The maximum absolute atomic E-state index is 14.3. The van der Waals surface area contributed by atoms with Crippen LogP contribution in [0.25, 0.3) is 71.6 Å². The first-order valence-corrected chi connectivity index (χ1v) is 16.4. The minimum Gasteiger partial charge on any atom is -0.455 e. The van der Waals surface area contributed by atoms with Gasteiger partial charge in [-0.25, -0.2) is 4.98 Å². The molecule has 0 aliphatic rings. The minimum atomic E-state index is -4.46. The molecule has 0 unspecified atom stereocenters. The van der Waals surface area contributed by atoms with Gasteiger partial charge in [-0.05, 0) is 112 Å². The molecule has 0 amide bonds. The summed E-state index contributed by atoms with van der Waals surface area (Å²) in [6.45, 7) is 12.0. The summed E-state index contributed by atoms with van der Waals surface area (Å²) < 4.78 is 51.7. The van der Waals surface area contributed by atoms with Gasteiger partial charge >= 0.3 is 6.18 Å². The van der Waals surface area contributed by atoms with Crippen molar-refractivity contribution in [2.45, 2.75) is 59.6 Å². The standard InChI is InChI=1S/C42H35F3N2O/c1-22(2)30-19-28(42(43,44)45)20-31(23(3)4)39(30)47-36-14-10-9-13-35(36)46-41(47)34-17-24(5)25(6)38-33-18-27-16-15-26-11-7-8-12-29(26)32(27)21-37(33)48-40(34)38/h7-23H,1-6H3. The quantitative estimate of drug-likeness (QED) is 0.179. The van der Waals surface area contributed by atoms with Gasteiger partial charge in [0.25, 0.3) is 0 Å². The van der Waals surface area contributed by atoms with Gasteiger partial charge in [-0.1, -0.05) is 76.2 Å². The lowest BCUT2D eigenvalue weighted by Crippen LogP contribution is -2.13. The van der Waals surface area contributed by atoms with Crippen LogP contribution in [0.5, 0.6) is 0 Å². The number of benzene rings is 6. The summed E-state index contributed by atoms with van der Waals surface area (Å²) in [6.07, 6.45) is -4.46. The molecule has 0 aliphatic carbocycles. The highest BCUT2D eigenvalue weighted by molar-refractivity contribution is 6.18. The van der Waals surface area contributed by atoms with Crippen LogP contribution in [-0.2, 0) is 6.18 Å². The Bertz CT molecular complexity index is 2550. The number of aromatic nitrogens is 2. The van der Waals surface area contributed by atoms with Crippen LogP contribution in [0.2, 0.25) is 0 Å². The minimum absolute atomic E-state index is 0.179. The normalized spacial score (nSPS) is 12.6. The maximum Gasteiger partial charge on any atom is 0.416 e. The Morgan fingerprint density at radius 2 is 1.38 bits per heavy atom. The Hall–Kier alpha value is -5.10. The van der Waals surface area contributed by atoms with Crippen molar-refractivity contribution in [3.63, 3.8) is 0 Å². The van der Waals surface area contributed by atoms with Crippen molar-refractivity contribution in [1.29, 1.82) is 0 Å². The second kappa shape index (κ2) is 10.7. The molecule has 3 nitrogen and oxygen atoms in total. The average Bonchev–Trinajstić information content (AvgIpc) is 3.63. The third-order valence-corrected chi connectivity index (χ3v) is 9.89. The summed E-state index contributed by atoms with van der Waals surface area (Å²) >= 11 is 0. The lowest BCUT2D eigenvalue weighted by atomic mass is 9.89. The number of hydrogen-bond acceptors (Lipinski definition) is 2. The molecule has 0 aliphatic heterocycles. The van der Waals surface area contributed by atoms with Crippen LogP contribution in [0.3, 0.4) is 0 Å². The van der Waals surface area contributed by atoms with E-state index in [1.54, 1.807) is 0 Å². The summed E-state index contributed by atoms with van der Waals surface area (Å²) in [5.41, 5.74) is 7.47. The topological polar surface area (TPSA) is 31.0 Å². The monoisotopic (exact) mass is 640 g/mol. The molecule has 0 fully saturated rings. The molecule has 0 radical (unpaired) electrons. The predicted molar refractivity (Wildman–Crippen MR) is 191 cm³/mol. The zero-order chi connectivity index (χ0) is 33.6. The highest BCUT2D eigenvalue weighted by atomic mass is 19.4. The van der Waals surface area contributed by atoms with Crippen LogP contribution < -0.4 is 0 Å². The second-order valence-corrected chi connectivity index (χ2v) is 13.6. The van der Waals surface area contributed by atoms with Gasteiger partial charge in [0, 0.05) is 10.8 Å². The highest BCUT2D eigenvalue weighted by Gasteiger charge is 2.34.